The average molecular weight is 447 g/mol. The van der Waals surface area contributed by atoms with Crippen LogP contribution in [0.15, 0.2) is 89.8 Å². The summed E-state index contributed by atoms with van der Waals surface area (Å²) in [5, 5.41) is 2.73. The van der Waals surface area contributed by atoms with E-state index in [1.165, 1.54) is 4.90 Å². The van der Waals surface area contributed by atoms with Crippen LogP contribution < -0.4 is 10.1 Å². The third-order valence-electron chi connectivity index (χ3n) is 5.31. The van der Waals surface area contributed by atoms with Crippen LogP contribution in [0.25, 0.3) is 0 Å². The van der Waals surface area contributed by atoms with Gasteiger partial charge in [-0.3, -0.25) is 9.59 Å². The largest absolute Gasteiger partial charge is 0.489 e. The highest BCUT2D eigenvalue weighted by Gasteiger charge is 2.23. The Kier molecular flexibility index (Phi) is 7.59. The fourth-order valence-corrected chi connectivity index (χ4v) is 4.56. The smallest absolute Gasteiger partial charge is 0.255 e. The fraction of sp³-hybridized carbons (Fsp3) is 0.231. The van der Waals surface area contributed by atoms with E-state index in [9.17, 15) is 9.59 Å². The number of para-hydroxylation sites is 1. The van der Waals surface area contributed by atoms with E-state index < -0.39 is 0 Å². The van der Waals surface area contributed by atoms with Crippen LogP contribution in [0.2, 0.25) is 0 Å². The predicted octanol–water partition coefficient (Wildman–Crippen LogP) is 4.85. The number of Topliss-reactive ketones (excluding diaryl/α,β-unsaturated/α-hetero) is 1. The van der Waals surface area contributed by atoms with E-state index in [1.54, 1.807) is 36.2 Å². The highest BCUT2D eigenvalue weighted by molar-refractivity contribution is 7.97. The molecule has 1 N–H and O–H groups in total. The Morgan fingerprint density at radius 2 is 1.50 bits per heavy atom. The molecule has 0 spiro atoms. The lowest BCUT2D eigenvalue weighted by atomic mass is 10.1. The van der Waals surface area contributed by atoms with Crippen molar-refractivity contribution in [1.29, 1.82) is 0 Å². The molecule has 6 heteroatoms. The topological polar surface area (TPSA) is 58.6 Å². The molecule has 4 rings (SSSR count). The van der Waals surface area contributed by atoms with Gasteiger partial charge >= 0.3 is 0 Å². The lowest BCUT2D eigenvalue weighted by molar-refractivity contribution is 0.0894. The lowest BCUT2D eigenvalue weighted by Crippen LogP contribution is -2.35. The Hall–Kier alpha value is -3.09. The van der Waals surface area contributed by atoms with Crippen LogP contribution in [0.4, 0.5) is 0 Å². The standard InChI is InChI=1S/C26H26N2O3S/c29-24(20-9-3-1-4-10-20)19-27-26(30)23-13-7-8-14-25(23)31-21-15-17-28(18-16-21)32-22-11-5-2-6-12-22/h1-14,21H,15-19H2,(H,27,30). The van der Waals surface area contributed by atoms with Gasteiger partial charge in [0.1, 0.15) is 11.9 Å². The summed E-state index contributed by atoms with van der Waals surface area (Å²) in [6, 6.07) is 26.5. The number of carbonyl (C=O) groups is 2. The maximum atomic E-state index is 12.7. The predicted molar refractivity (Wildman–Crippen MR) is 127 cm³/mol. The van der Waals surface area contributed by atoms with Crippen LogP contribution in [0, 0.1) is 0 Å². The number of ketones is 1. The van der Waals surface area contributed by atoms with E-state index >= 15 is 0 Å². The van der Waals surface area contributed by atoms with E-state index in [4.69, 9.17) is 4.74 Å². The van der Waals surface area contributed by atoms with Gasteiger partial charge in [0.25, 0.3) is 5.91 Å². The second-order valence-electron chi connectivity index (χ2n) is 7.62. The molecule has 0 radical (unpaired) electrons. The Morgan fingerprint density at radius 1 is 0.875 bits per heavy atom. The molecule has 0 aliphatic carbocycles. The van der Waals surface area contributed by atoms with E-state index in [0.29, 0.717) is 16.9 Å². The van der Waals surface area contributed by atoms with Crippen molar-refractivity contribution in [3.05, 3.63) is 96.1 Å². The van der Waals surface area contributed by atoms with Gasteiger partial charge < -0.3 is 10.1 Å². The van der Waals surface area contributed by atoms with Crippen LogP contribution in [0.3, 0.4) is 0 Å². The van der Waals surface area contributed by atoms with Crippen molar-refractivity contribution < 1.29 is 14.3 Å². The first kappa shape index (κ1) is 22.1. The Bertz CT molecular complexity index is 1040. The van der Waals surface area contributed by atoms with Crippen molar-refractivity contribution in [3.63, 3.8) is 0 Å². The zero-order valence-corrected chi connectivity index (χ0v) is 18.6. The molecule has 1 heterocycles. The molecule has 0 saturated carbocycles. The number of hydrogen-bond acceptors (Lipinski definition) is 5. The molecule has 1 amide bonds. The normalized spacial score (nSPS) is 14.6. The van der Waals surface area contributed by atoms with Crippen molar-refractivity contribution in [2.24, 2.45) is 0 Å². The van der Waals surface area contributed by atoms with Gasteiger partial charge in [0.05, 0.1) is 12.1 Å². The molecular formula is C26H26N2O3S. The lowest BCUT2D eigenvalue weighted by Gasteiger charge is -2.31. The summed E-state index contributed by atoms with van der Waals surface area (Å²) in [5.74, 6) is 0.133. The molecule has 5 nitrogen and oxygen atoms in total. The van der Waals surface area contributed by atoms with Crippen LogP contribution >= 0.6 is 11.9 Å². The first-order valence-corrected chi connectivity index (χ1v) is 11.6. The molecule has 0 atom stereocenters. The maximum Gasteiger partial charge on any atom is 0.255 e. The van der Waals surface area contributed by atoms with Crippen molar-refractivity contribution in [2.45, 2.75) is 23.8 Å². The Labute approximate surface area is 192 Å². The van der Waals surface area contributed by atoms with Crippen molar-refractivity contribution in [2.75, 3.05) is 19.6 Å². The molecule has 0 bridgehead atoms. The highest BCUT2D eigenvalue weighted by Crippen LogP contribution is 2.28. The number of piperidine rings is 1. The summed E-state index contributed by atoms with van der Waals surface area (Å²) < 4.78 is 8.57. The van der Waals surface area contributed by atoms with E-state index in [-0.39, 0.29) is 24.3 Å². The molecule has 0 aromatic heterocycles. The molecule has 0 unspecified atom stereocenters. The molecule has 3 aromatic rings. The quantitative estimate of drug-likeness (QED) is 0.396. The van der Waals surface area contributed by atoms with Crippen molar-refractivity contribution in [1.82, 2.24) is 9.62 Å². The average Bonchev–Trinajstić information content (AvgIpc) is 2.85. The third kappa shape index (κ3) is 5.99. The number of nitrogens with one attached hydrogen (secondary N) is 1. The minimum atomic E-state index is -0.304. The summed E-state index contributed by atoms with van der Waals surface area (Å²) in [4.78, 5) is 26.3. The van der Waals surface area contributed by atoms with Gasteiger partial charge in [0, 0.05) is 23.5 Å². The Balaban J connectivity index is 1.30. The number of benzene rings is 3. The molecule has 1 saturated heterocycles. The van der Waals surface area contributed by atoms with Gasteiger partial charge in [-0.05, 0) is 49.1 Å². The number of hydrogen-bond donors (Lipinski definition) is 1. The minimum absolute atomic E-state index is 0.0493. The summed E-state index contributed by atoms with van der Waals surface area (Å²) >= 11 is 1.77. The minimum Gasteiger partial charge on any atom is -0.489 e. The van der Waals surface area contributed by atoms with Crippen LogP contribution in [-0.4, -0.2) is 41.7 Å². The molecular weight excluding hydrogens is 420 g/mol. The van der Waals surface area contributed by atoms with E-state index in [1.807, 2.05) is 48.5 Å². The third-order valence-corrected chi connectivity index (χ3v) is 6.42. The first-order valence-electron chi connectivity index (χ1n) is 10.8. The monoisotopic (exact) mass is 446 g/mol. The summed E-state index contributed by atoms with van der Waals surface area (Å²) in [6.07, 6.45) is 1.84. The van der Waals surface area contributed by atoms with Gasteiger partial charge in [0.2, 0.25) is 0 Å². The van der Waals surface area contributed by atoms with Gasteiger partial charge in [-0.15, -0.1) is 0 Å². The molecule has 164 valence electrons. The number of rotatable bonds is 8. The summed E-state index contributed by atoms with van der Waals surface area (Å²) in [6.45, 7) is 1.79. The zero-order chi connectivity index (χ0) is 22.2. The van der Waals surface area contributed by atoms with E-state index in [2.05, 4.69) is 21.8 Å². The van der Waals surface area contributed by atoms with Crippen LogP contribution in [0.5, 0.6) is 5.75 Å². The summed E-state index contributed by atoms with van der Waals surface area (Å²) in [5.41, 5.74) is 1.03. The second kappa shape index (κ2) is 11.0. The molecule has 3 aromatic carbocycles. The maximum absolute atomic E-state index is 12.7. The van der Waals surface area contributed by atoms with Gasteiger partial charge in [-0.2, -0.15) is 0 Å². The van der Waals surface area contributed by atoms with Crippen molar-refractivity contribution in [3.8, 4) is 5.75 Å². The van der Waals surface area contributed by atoms with Gasteiger partial charge in [0.15, 0.2) is 5.78 Å². The highest BCUT2D eigenvalue weighted by atomic mass is 32.2. The first-order chi connectivity index (χ1) is 15.7. The molecule has 1 fully saturated rings. The number of carbonyl (C=O) groups excluding carboxylic acids is 2. The molecule has 1 aliphatic rings. The summed E-state index contributed by atoms with van der Waals surface area (Å²) in [7, 11) is 0. The second-order valence-corrected chi connectivity index (χ2v) is 8.79. The SMILES string of the molecule is O=C(CNC(=O)c1ccccc1OC1CCN(Sc2ccccc2)CC1)c1ccccc1. The number of ether oxygens (including phenoxy) is 1. The Morgan fingerprint density at radius 3 is 2.22 bits per heavy atom. The zero-order valence-electron chi connectivity index (χ0n) is 17.8. The number of amides is 1. The van der Waals surface area contributed by atoms with Gasteiger partial charge in [-0.1, -0.05) is 60.7 Å². The fourth-order valence-electron chi connectivity index (χ4n) is 3.59. The van der Waals surface area contributed by atoms with Gasteiger partial charge in [-0.25, -0.2) is 4.31 Å². The van der Waals surface area contributed by atoms with E-state index in [0.717, 1.165) is 25.9 Å². The van der Waals surface area contributed by atoms with Crippen LogP contribution in [-0.2, 0) is 0 Å². The van der Waals surface area contributed by atoms with Crippen molar-refractivity contribution >= 4 is 23.6 Å². The van der Waals surface area contributed by atoms with Crippen LogP contribution in [0.1, 0.15) is 33.6 Å². The number of nitrogens with zero attached hydrogens (tertiary/aromatic N) is 1. The molecule has 32 heavy (non-hydrogen) atoms. The molecule has 1 aliphatic heterocycles.